The van der Waals surface area contributed by atoms with E-state index in [-0.39, 0.29) is 42.1 Å². The van der Waals surface area contributed by atoms with Gasteiger partial charge in [0.15, 0.2) is 15.4 Å². The van der Waals surface area contributed by atoms with Crippen LogP contribution < -0.4 is 5.32 Å². The molecule has 0 radical (unpaired) electrons. The third-order valence-corrected chi connectivity index (χ3v) is 8.53. The predicted molar refractivity (Wildman–Crippen MR) is 143 cm³/mol. The van der Waals surface area contributed by atoms with E-state index in [0.717, 1.165) is 19.3 Å². The number of likely N-dealkylation sites (tertiary alicyclic amines) is 1. The molecule has 9 heteroatoms. The Labute approximate surface area is 218 Å². The maximum atomic E-state index is 13.1. The van der Waals surface area contributed by atoms with E-state index in [1.807, 2.05) is 42.2 Å². The van der Waals surface area contributed by atoms with Crippen LogP contribution in [0.25, 0.3) is 11.1 Å². The van der Waals surface area contributed by atoms with Crippen LogP contribution in [-0.4, -0.2) is 61.4 Å². The number of para-hydroxylation sites is 2. The van der Waals surface area contributed by atoms with Gasteiger partial charge in [0, 0.05) is 26.1 Å². The molecule has 0 aliphatic carbocycles. The van der Waals surface area contributed by atoms with Gasteiger partial charge in [0.05, 0.1) is 17.5 Å². The Balaban J connectivity index is 1.45. The fourth-order valence-corrected chi connectivity index (χ4v) is 6.59. The van der Waals surface area contributed by atoms with Crippen molar-refractivity contribution in [1.82, 2.24) is 15.2 Å². The minimum absolute atomic E-state index is 0.0261. The first-order chi connectivity index (χ1) is 17.8. The Bertz CT molecular complexity index is 1270. The summed E-state index contributed by atoms with van der Waals surface area (Å²) in [5.74, 6) is -0.970. The molecule has 1 aromatic heterocycles. The first kappa shape index (κ1) is 27.0. The van der Waals surface area contributed by atoms with Crippen molar-refractivity contribution in [2.24, 2.45) is 5.92 Å². The maximum absolute atomic E-state index is 13.1. The van der Waals surface area contributed by atoms with Gasteiger partial charge >= 0.3 is 0 Å². The van der Waals surface area contributed by atoms with Crippen molar-refractivity contribution in [3.05, 3.63) is 66.1 Å². The molecule has 2 atom stereocenters. The van der Waals surface area contributed by atoms with E-state index in [1.54, 1.807) is 24.3 Å². The van der Waals surface area contributed by atoms with Crippen molar-refractivity contribution >= 4 is 32.6 Å². The second kappa shape index (κ2) is 12.5. The van der Waals surface area contributed by atoms with E-state index in [4.69, 9.17) is 4.42 Å². The summed E-state index contributed by atoms with van der Waals surface area (Å²) < 4.78 is 31.8. The zero-order chi connectivity index (χ0) is 26.3. The van der Waals surface area contributed by atoms with Crippen LogP contribution in [0.5, 0.6) is 0 Å². The third kappa shape index (κ3) is 7.49. The summed E-state index contributed by atoms with van der Waals surface area (Å²) in [6, 6.07) is 15.6. The Morgan fingerprint density at radius 1 is 1.03 bits per heavy atom. The summed E-state index contributed by atoms with van der Waals surface area (Å²) in [5, 5.41) is 3.22. The first-order valence-corrected chi connectivity index (χ1v) is 14.8. The standard InChI is InChI=1S/C28H35N3O5S/c1-2-23(27(33)28-30-24-13-7-8-14-25(24)36-28)29-18-22(17-26(32)31-15-9-4-10-16-31)20-37(34,35)19-21-11-5-3-6-12-21/h3,5-8,11-14,22-23,29H,2,4,9-10,15-20H2,1H3. The molecule has 1 saturated heterocycles. The van der Waals surface area contributed by atoms with Crippen LogP contribution >= 0.6 is 0 Å². The number of piperidine rings is 1. The first-order valence-electron chi connectivity index (χ1n) is 13.0. The second-order valence-corrected chi connectivity index (χ2v) is 11.9. The molecule has 1 amide bonds. The number of amides is 1. The molecule has 2 aromatic carbocycles. The molecular weight excluding hydrogens is 490 g/mol. The Hall–Kier alpha value is -3.04. The normalized spacial score (nSPS) is 16.0. The molecule has 2 unspecified atom stereocenters. The van der Waals surface area contributed by atoms with Gasteiger partial charge < -0.3 is 14.6 Å². The number of hydrogen-bond acceptors (Lipinski definition) is 7. The van der Waals surface area contributed by atoms with Crippen LogP contribution in [0, 0.1) is 5.92 Å². The lowest BCUT2D eigenvalue weighted by molar-refractivity contribution is -0.132. The van der Waals surface area contributed by atoms with Crippen molar-refractivity contribution in [2.45, 2.75) is 50.8 Å². The summed E-state index contributed by atoms with van der Waals surface area (Å²) in [7, 11) is -3.48. The Morgan fingerprint density at radius 2 is 1.73 bits per heavy atom. The lowest BCUT2D eigenvalue weighted by Gasteiger charge is -2.29. The summed E-state index contributed by atoms with van der Waals surface area (Å²) in [6.07, 6.45) is 3.64. The van der Waals surface area contributed by atoms with Gasteiger partial charge in [-0.2, -0.15) is 0 Å². The van der Waals surface area contributed by atoms with Gasteiger partial charge in [-0.05, 0) is 49.3 Å². The highest BCUT2D eigenvalue weighted by atomic mass is 32.2. The van der Waals surface area contributed by atoms with E-state index in [1.165, 1.54) is 0 Å². The number of aromatic nitrogens is 1. The van der Waals surface area contributed by atoms with Crippen LogP contribution in [0.4, 0.5) is 0 Å². The average molecular weight is 526 g/mol. The Kier molecular flexibility index (Phi) is 9.10. The monoisotopic (exact) mass is 525 g/mol. The number of hydrogen-bond donors (Lipinski definition) is 1. The second-order valence-electron chi connectivity index (χ2n) is 9.77. The molecule has 2 heterocycles. The lowest BCUT2D eigenvalue weighted by Crippen LogP contribution is -2.43. The summed E-state index contributed by atoms with van der Waals surface area (Å²) in [4.78, 5) is 32.3. The molecule has 0 spiro atoms. The van der Waals surface area contributed by atoms with Crippen molar-refractivity contribution in [2.75, 3.05) is 25.4 Å². The molecule has 37 heavy (non-hydrogen) atoms. The molecule has 0 saturated carbocycles. The summed E-state index contributed by atoms with van der Waals surface area (Å²) in [5.41, 5.74) is 1.87. The zero-order valence-corrected chi connectivity index (χ0v) is 22.1. The fourth-order valence-electron chi connectivity index (χ4n) is 4.81. The van der Waals surface area contributed by atoms with Gasteiger partial charge in [-0.1, -0.05) is 49.4 Å². The quantitative estimate of drug-likeness (QED) is 0.356. The third-order valence-electron chi connectivity index (χ3n) is 6.77. The molecule has 3 aromatic rings. The van der Waals surface area contributed by atoms with Crippen molar-refractivity contribution in [1.29, 1.82) is 0 Å². The van der Waals surface area contributed by atoms with Gasteiger partial charge in [-0.25, -0.2) is 13.4 Å². The van der Waals surface area contributed by atoms with Gasteiger partial charge in [-0.3, -0.25) is 9.59 Å². The topological polar surface area (TPSA) is 110 Å². The molecule has 1 aliphatic rings. The van der Waals surface area contributed by atoms with Crippen molar-refractivity contribution in [3.63, 3.8) is 0 Å². The molecule has 1 N–H and O–H groups in total. The number of sulfone groups is 1. The predicted octanol–water partition coefficient (Wildman–Crippen LogP) is 4.01. The number of carbonyl (C=O) groups excluding carboxylic acids is 2. The zero-order valence-electron chi connectivity index (χ0n) is 21.3. The lowest BCUT2D eigenvalue weighted by atomic mass is 10.0. The number of nitrogens with zero attached hydrogens (tertiary/aromatic N) is 2. The van der Waals surface area contributed by atoms with Gasteiger partial charge in [0.1, 0.15) is 5.52 Å². The van der Waals surface area contributed by atoms with Crippen LogP contribution in [0.3, 0.4) is 0 Å². The van der Waals surface area contributed by atoms with Gasteiger partial charge in [0.25, 0.3) is 5.89 Å². The van der Waals surface area contributed by atoms with Crippen molar-refractivity contribution in [3.8, 4) is 0 Å². The van der Waals surface area contributed by atoms with E-state index in [0.29, 0.717) is 36.2 Å². The molecule has 1 aliphatic heterocycles. The summed E-state index contributed by atoms with van der Waals surface area (Å²) >= 11 is 0. The number of rotatable bonds is 12. The molecular formula is C28H35N3O5S. The van der Waals surface area contributed by atoms with E-state index >= 15 is 0 Å². The highest BCUT2D eigenvalue weighted by Crippen LogP contribution is 2.19. The smallest absolute Gasteiger partial charge is 0.265 e. The summed E-state index contributed by atoms with van der Waals surface area (Å²) in [6.45, 7) is 3.52. The van der Waals surface area contributed by atoms with Gasteiger partial charge in [0.2, 0.25) is 11.7 Å². The van der Waals surface area contributed by atoms with E-state index in [9.17, 15) is 18.0 Å². The minimum atomic E-state index is -3.48. The van der Waals surface area contributed by atoms with Crippen LogP contribution in [0.15, 0.2) is 59.0 Å². The molecule has 1 fully saturated rings. The number of fused-ring (bicyclic) bond motifs is 1. The van der Waals surface area contributed by atoms with E-state index < -0.39 is 21.8 Å². The Morgan fingerprint density at radius 3 is 2.43 bits per heavy atom. The average Bonchev–Trinajstić information content (AvgIpc) is 3.34. The van der Waals surface area contributed by atoms with Gasteiger partial charge in [-0.15, -0.1) is 0 Å². The SMILES string of the molecule is CCC(NCC(CC(=O)N1CCCCC1)CS(=O)(=O)Cc1ccccc1)C(=O)c1nc2ccccc2o1. The molecule has 198 valence electrons. The van der Waals surface area contributed by atoms with E-state index in [2.05, 4.69) is 10.3 Å². The number of oxazole rings is 1. The molecule has 8 nitrogen and oxygen atoms in total. The van der Waals surface area contributed by atoms with Crippen LogP contribution in [-0.2, 0) is 20.4 Å². The molecule has 4 rings (SSSR count). The van der Waals surface area contributed by atoms with Crippen molar-refractivity contribution < 1.29 is 22.4 Å². The number of nitrogens with one attached hydrogen (secondary N) is 1. The highest BCUT2D eigenvalue weighted by molar-refractivity contribution is 7.90. The number of ketones is 1. The van der Waals surface area contributed by atoms with Crippen LogP contribution in [0.1, 0.15) is 55.3 Å². The highest BCUT2D eigenvalue weighted by Gasteiger charge is 2.28. The van der Waals surface area contributed by atoms with Crippen LogP contribution in [0.2, 0.25) is 0 Å². The maximum Gasteiger partial charge on any atom is 0.265 e. The molecule has 0 bridgehead atoms. The number of Topliss-reactive ketones (excluding diaryl/α,β-unsaturated/α-hetero) is 1. The fraction of sp³-hybridized carbons (Fsp3) is 0.464. The minimum Gasteiger partial charge on any atom is -0.434 e. The number of carbonyl (C=O) groups is 2. The largest absolute Gasteiger partial charge is 0.434 e. The number of benzene rings is 2.